The minimum absolute atomic E-state index is 0.510. The first-order chi connectivity index (χ1) is 6.75. The molecule has 6 N–H and O–H groups in total. The molecule has 0 aromatic heterocycles. The summed E-state index contributed by atoms with van der Waals surface area (Å²) in [5, 5.41) is 17.2. The molecule has 0 atom stereocenters. The van der Waals surface area contributed by atoms with E-state index in [4.69, 9.17) is 20.6 Å². The molecule has 0 saturated carbocycles. The summed E-state index contributed by atoms with van der Waals surface area (Å²) in [5.41, 5.74) is 4.07. The molecule has 0 unspecified atom stereocenters. The monoisotopic (exact) mass is 233 g/mol. The van der Waals surface area contributed by atoms with E-state index in [9.17, 15) is 14.5 Å². The maximum atomic E-state index is 10.8. The third-order valence-corrected chi connectivity index (χ3v) is 2.76. The van der Waals surface area contributed by atoms with Crippen molar-refractivity contribution in [2.24, 2.45) is 0 Å². The minimum Gasteiger partial charge on any atom is -0.505 e. The molecule has 0 bridgehead atoms. The summed E-state index contributed by atoms with van der Waals surface area (Å²) in [6, 6.07) is 1.75. The molecule has 1 aromatic carbocycles. The van der Waals surface area contributed by atoms with Gasteiger partial charge in [0.05, 0.1) is 11.0 Å². The largest absolute Gasteiger partial charge is 0.505 e. The fourth-order valence-electron chi connectivity index (χ4n) is 1.02. The van der Waals surface area contributed by atoms with Crippen LogP contribution in [0.15, 0.2) is 12.1 Å². The number of carbonyl (C=O) groups is 1. The highest BCUT2D eigenvalue weighted by Crippen LogP contribution is 2.39. The minimum atomic E-state index is -4.61. The van der Waals surface area contributed by atoms with Gasteiger partial charge < -0.3 is 25.7 Å². The maximum absolute atomic E-state index is 10.8. The zero-order chi connectivity index (χ0) is 11.8. The van der Waals surface area contributed by atoms with Crippen LogP contribution in [-0.4, -0.2) is 26.0 Å². The van der Waals surface area contributed by atoms with E-state index in [0.717, 1.165) is 12.1 Å². The average Bonchev–Trinajstić information content (AvgIpc) is 2.06. The van der Waals surface area contributed by atoms with Crippen molar-refractivity contribution >= 4 is 24.6 Å². The van der Waals surface area contributed by atoms with Crippen LogP contribution in [0.2, 0.25) is 0 Å². The molecule has 0 aliphatic carbocycles. The molecule has 82 valence electrons. The first-order valence-corrected chi connectivity index (χ1v) is 5.27. The normalized spacial score (nSPS) is 11.3. The van der Waals surface area contributed by atoms with Crippen LogP contribution in [0.4, 0.5) is 5.69 Å². The Hall–Kier alpha value is -1.56. The smallest absolute Gasteiger partial charge is 0.358 e. The summed E-state index contributed by atoms with van der Waals surface area (Å²) in [5.74, 6) is -2.28. The second-order valence-electron chi connectivity index (χ2n) is 2.74. The summed E-state index contributed by atoms with van der Waals surface area (Å²) in [6.07, 6.45) is 0. The number of nitrogens with two attached hydrogens (primary N) is 1. The molecule has 0 amide bonds. The molecule has 0 saturated heterocycles. The predicted molar refractivity (Wildman–Crippen MR) is 51.2 cm³/mol. The number of hydrogen-bond donors (Lipinski definition) is 5. The van der Waals surface area contributed by atoms with Crippen LogP contribution in [0.25, 0.3) is 0 Å². The van der Waals surface area contributed by atoms with Crippen LogP contribution in [0.1, 0.15) is 10.4 Å². The van der Waals surface area contributed by atoms with E-state index < -0.39 is 35.9 Å². The van der Waals surface area contributed by atoms with Gasteiger partial charge in [-0.2, -0.15) is 0 Å². The number of carboxylic acids is 1. The van der Waals surface area contributed by atoms with E-state index in [1.807, 2.05) is 0 Å². The van der Waals surface area contributed by atoms with Crippen molar-refractivity contribution in [1.82, 2.24) is 0 Å². The van der Waals surface area contributed by atoms with Gasteiger partial charge in [0, 0.05) is 0 Å². The number of anilines is 1. The highest BCUT2D eigenvalue weighted by Gasteiger charge is 2.25. The van der Waals surface area contributed by atoms with E-state index in [-0.39, 0.29) is 0 Å². The van der Waals surface area contributed by atoms with Gasteiger partial charge in [0.2, 0.25) is 0 Å². The number of phenols is 1. The van der Waals surface area contributed by atoms with Crippen molar-refractivity contribution in [2.75, 3.05) is 5.73 Å². The van der Waals surface area contributed by atoms with Crippen molar-refractivity contribution in [1.29, 1.82) is 0 Å². The third-order valence-electron chi connectivity index (χ3n) is 1.74. The second kappa shape index (κ2) is 3.54. The van der Waals surface area contributed by atoms with Gasteiger partial charge in [0.15, 0.2) is 5.75 Å². The summed E-state index contributed by atoms with van der Waals surface area (Å²) in [4.78, 5) is 28.1. The highest BCUT2D eigenvalue weighted by atomic mass is 31.2. The van der Waals surface area contributed by atoms with Crippen molar-refractivity contribution in [3.05, 3.63) is 17.7 Å². The second-order valence-corrected chi connectivity index (χ2v) is 4.31. The van der Waals surface area contributed by atoms with Gasteiger partial charge in [0.25, 0.3) is 0 Å². The van der Waals surface area contributed by atoms with Crippen molar-refractivity contribution in [3.63, 3.8) is 0 Å². The number of aromatic hydroxyl groups is 1. The van der Waals surface area contributed by atoms with E-state index in [2.05, 4.69) is 0 Å². The Bertz CT molecular complexity index is 465. The van der Waals surface area contributed by atoms with Crippen LogP contribution in [0.3, 0.4) is 0 Å². The van der Waals surface area contributed by atoms with Gasteiger partial charge in [-0.3, -0.25) is 4.57 Å². The van der Waals surface area contributed by atoms with Gasteiger partial charge in [-0.1, -0.05) is 0 Å². The topological polar surface area (TPSA) is 141 Å². The Morgan fingerprint density at radius 1 is 1.33 bits per heavy atom. The Morgan fingerprint density at radius 2 is 1.87 bits per heavy atom. The lowest BCUT2D eigenvalue weighted by atomic mass is 10.2. The number of hydrogen-bond acceptors (Lipinski definition) is 4. The molecule has 0 heterocycles. The number of rotatable bonds is 2. The van der Waals surface area contributed by atoms with Crippen molar-refractivity contribution in [2.45, 2.75) is 0 Å². The van der Waals surface area contributed by atoms with E-state index >= 15 is 0 Å². The van der Waals surface area contributed by atoms with Crippen molar-refractivity contribution < 1.29 is 29.4 Å². The van der Waals surface area contributed by atoms with Gasteiger partial charge in [0.1, 0.15) is 5.56 Å². The predicted octanol–water partition coefficient (Wildman–Crippen LogP) is -0.524. The number of aromatic carboxylic acids is 1. The quantitative estimate of drug-likeness (QED) is 0.262. The average molecular weight is 233 g/mol. The number of carboxylic acid groups (broad SMARTS) is 1. The van der Waals surface area contributed by atoms with Crippen LogP contribution < -0.4 is 11.0 Å². The molecule has 0 spiro atoms. The molecular formula is C7H8NO6P. The molecule has 0 aliphatic heterocycles. The summed E-state index contributed by atoms with van der Waals surface area (Å²) < 4.78 is 10.8. The summed E-state index contributed by atoms with van der Waals surface area (Å²) in [6.45, 7) is 0. The standard InChI is InChI=1S/C7H8NO6P/c8-5-4(15(12,13)14)2-1-3(6(5)9)7(10)11/h1-2,9H,8H2,(H,10,11)(H2,12,13,14). The lowest BCUT2D eigenvalue weighted by Crippen LogP contribution is -2.12. The lowest BCUT2D eigenvalue weighted by Gasteiger charge is -2.10. The Morgan fingerprint density at radius 3 is 2.27 bits per heavy atom. The Kier molecular flexibility index (Phi) is 2.72. The first-order valence-electron chi connectivity index (χ1n) is 3.66. The molecule has 1 rings (SSSR count). The molecule has 0 fully saturated rings. The summed E-state index contributed by atoms with van der Waals surface area (Å²) in [7, 11) is -4.61. The van der Waals surface area contributed by atoms with Gasteiger partial charge >= 0.3 is 13.6 Å². The van der Waals surface area contributed by atoms with Crippen LogP contribution in [0, 0.1) is 0 Å². The third kappa shape index (κ3) is 2.10. The SMILES string of the molecule is Nc1c(P(=O)(O)O)ccc(C(=O)O)c1O. The molecule has 7 nitrogen and oxygen atoms in total. The van der Waals surface area contributed by atoms with Gasteiger partial charge in [-0.05, 0) is 12.1 Å². The van der Waals surface area contributed by atoms with Crippen molar-refractivity contribution in [3.8, 4) is 5.75 Å². The Balaban J connectivity index is 3.47. The maximum Gasteiger partial charge on any atom is 0.358 e. The molecule has 15 heavy (non-hydrogen) atoms. The van der Waals surface area contributed by atoms with E-state index in [1.165, 1.54) is 0 Å². The zero-order valence-electron chi connectivity index (χ0n) is 7.28. The molecule has 0 aliphatic rings. The highest BCUT2D eigenvalue weighted by molar-refractivity contribution is 7.60. The van der Waals surface area contributed by atoms with Gasteiger partial charge in [-0.15, -0.1) is 0 Å². The van der Waals surface area contributed by atoms with Crippen LogP contribution in [-0.2, 0) is 4.57 Å². The molecule has 1 aromatic rings. The molecule has 0 radical (unpaired) electrons. The lowest BCUT2D eigenvalue weighted by molar-refractivity contribution is 0.0694. The van der Waals surface area contributed by atoms with Crippen LogP contribution >= 0.6 is 7.60 Å². The number of nitrogen functional groups attached to an aromatic ring is 1. The fraction of sp³-hybridized carbons (Fsp3) is 0. The van der Waals surface area contributed by atoms with E-state index in [0.29, 0.717) is 0 Å². The number of benzene rings is 1. The van der Waals surface area contributed by atoms with E-state index in [1.54, 1.807) is 0 Å². The Labute approximate surface area is 83.9 Å². The fourth-order valence-corrected chi connectivity index (χ4v) is 1.71. The zero-order valence-corrected chi connectivity index (χ0v) is 8.18. The molecular weight excluding hydrogens is 225 g/mol. The first kappa shape index (κ1) is 11.5. The van der Waals surface area contributed by atoms with Gasteiger partial charge in [-0.25, -0.2) is 4.79 Å². The summed E-state index contributed by atoms with van der Waals surface area (Å²) >= 11 is 0. The van der Waals surface area contributed by atoms with Crippen LogP contribution in [0.5, 0.6) is 5.75 Å². The molecule has 8 heteroatoms.